The van der Waals surface area contributed by atoms with Crippen LogP contribution < -0.4 is 10.1 Å². The zero-order valence-corrected chi connectivity index (χ0v) is 15.4. The molecule has 2 heterocycles. The predicted octanol–water partition coefficient (Wildman–Crippen LogP) is 1.94. The van der Waals surface area contributed by atoms with E-state index in [-0.39, 0.29) is 5.91 Å². The van der Waals surface area contributed by atoms with E-state index in [2.05, 4.69) is 20.5 Å². The zero-order valence-electron chi connectivity index (χ0n) is 15.4. The van der Waals surface area contributed by atoms with Crippen LogP contribution in [-0.4, -0.2) is 59.1 Å². The molecule has 0 atom stereocenters. The first-order valence-electron chi connectivity index (χ1n) is 9.28. The van der Waals surface area contributed by atoms with Gasteiger partial charge in [0.05, 0.1) is 19.9 Å². The van der Waals surface area contributed by atoms with Gasteiger partial charge in [-0.05, 0) is 43.6 Å². The molecule has 26 heavy (non-hydrogen) atoms. The number of ether oxygens (including phenoxy) is 1. The first-order chi connectivity index (χ1) is 12.7. The second kappa shape index (κ2) is 9.33. The highest BCUT2D eigenvalue weighted by Crippen LogP contribution is 2.12. The minimum absolute atomic E-state index is 0.166. The average molecular weight is 357 g/mol. The number of benzene rings is 1. The van der Waals surface area contributed by atoms with Crippen LogP contribution in [0.4, 0.5) is 0 Å². The molecule has 7 heteroatoms. The van der Waals surface area contributed by atoms with E-state index in [0.29, 0.717) is 18.8 Å². The maximum absolute atomic E-state index is 12.2. The third-order valence-electron chi connectivity index (χ3n) is 4.69. The number of carbonyl (C=O) groups excluding carboxylic acids is 1. The van der Waals surface area contributed by atoms with E-state index in [0.717, 1.165) is 30.9 Å². The van der Waals surface area contributed by atoms with Crippen molar-refractivity contribution in [2.24, 2.45) is 0 Å². The largest absolute Gasteiger partial charge is 0.497 e. The summed E-state index contributed by atoms with van der Waals surface area (Å²) in [6, 6.07) is 7.76. The van der Waals surface area contributed by atoms with Crippen molar-refractivity contribution in [1.82, 2.24) is 25.2 Å². The van der Waals surface area contributed by atoms with Crippen LogP contribution in [0.25, 0.3) is 0 Å². The highest BCUT2D eigenvalue weighted by molar-refractivity contribution is 5.91. The molecule has 0 spiro atoms. The van der Waals surface area contributed by atoms with Gasteiger partial charge < -0.3 is 15.0 Å². The number of methoxy groups -OCH3 is 1. The number of aromatic nitrogens is 3. The van der Waals surface area contributed by atoms with Crippen LogP contribution in [0.5, 0.6) is 5.75 Å². The topological polar surface area (TPSA) is 72.3 Å². The van der Waals surface area contributed by atoms with E-state index in [9.17, 15) is 4.79 Å². The fraction of sp³-hybridized carbons (Fsp3) is 0.526. The molecule has 3 rings (SSSR count). The van der Waals surface area contributed by atoms with E-state index in [1.165, 1.54) is 25.7 Å². The Morgan fingerprint density at radius 3 is 2.58 bits per heavy atom. The second-order valence-electron chi connectivity index (χ2n) is 6.66. The van der Waals surface area contributed by atoms with Gasteiger partial charge in [-0.2, -0.15) is 0 Å². The first kappa shape index (κ1) is 18.4. The maximum atomic E-state index is 12.2. The Morgan fingerprint density at radius 2 is 1.88 bits per heavy atom. The molecule has 0 radical (unpaired) electrons. The molecule has 1 amide bonds. The Bertz CT molecular complexity index is 690. The van der Waals surface area contributed by atoms with Crippen molar-refractivity contribution in [3.8, 4) is 5.75 Å². The van der Waals surface area contributed by atoms with Gasteiger partial charge in [0, 0.05) is 13.1 Å². The monoisotopic (exact) mass is 357 g/mol. The average Bonchev–Trinajstić information content (AvgIpc) is 2.97. The van der Waals surface area contributed by atoms with E-state index in [4.69, 9.17) is 4.74 Å². The van der Waals surface area contributed by atoms with Gasteiger partial charge in [-0.15, -0.1) is 5.10 Å². The molecule has 1 aromatic carbocycles. The standard InChI is InChI=1S/C19H27N5O2/c1-26-17-8-6-16(7-9-17)14-24-15-18(21-22-24)19(25)20-10-13-23-11-4-2-3-5-12-23/h6-9,15H,2-5,10-14H2,1H3,(H,20,25). The summed E-state index contributed by atoms with van der Waals surface area (Å²) in [5.41, 5.74) is 1.43. The van der Waals surface area contributed by atoms with Crippen LogP contribution >= 0.6 is 0 Å². The molecule has 1 fully saturated rings. The summed E-state index contributed by atoms with van der Waals surface area (Å²) in [5.74, 6) is 0.651. The number of hydrogen-bond donors (Lipinski definition) is 1. The van der Waals surface area contributed by atoms with Crippen LogP contribution in [0.1, 0.15) is 41.7 Å². The van der Waals surface area contributed by atoms with Gasteiger partial charge in [0.25, 0.3) is 5.91 Å². The Kier molecular flexibility index (Phi) is 6.60. The minimum atomic E-state index is -0.166. The Morgan fingerprint density at radius 1 is 1.15 bits per heavy atom. The van der Waals surface area contributed by atoms with Gasteiger partial charge in [-0.3, -0.25) is 4.79 Å². The number of amides is 1. The smallest absolute Gasteiger partial charge is 0.273 e. The fourth-order valence-corrected chi connectivity index (χ4v) is 3.18. The summed E-state index contributed by atoms with van der Waals surface area (Å²) >= 11 is 0. The van der Waals surface area contributed by atoms with Crippen molar-refractivity contribution in [3.05, 3.63) is 41.7 Å². The highest BCUT2D eigenvalue weighted by Gasteiger charge is 2.12. The molecule has 7 nitrogen and oxygen atoms in total. The molecular formula is C19H27N5O2. The number of rotatable bonds is 7. The number of nitrogens with one attached hydrogen (secondary N) is 1. The lowest BCUT2D eigenvalue weighted by Crippen LogP contribution is -2.35. The molecule has 2 aromatic rings. The number of nitrogens with zero attached hydrogens (tertiary/aromatic N) is 4. The van der Waals surface area contributed by atoms with E-state index in [1.807, 2.05) is 24.3 Å². The highest BCUT2D eigenvalue weighted by atomic mass is 16.5. The lowest BCUT2D eigenvalue weighted by atomic mass is 10.2. The SMILES string of the molecule is COc1ccc(Cn2cc(C(=O)NCCN3CCCCCC3)nn2)cc1. The van der Waals surface area contributed by atoms with Crippen LogP contribution in [0.15, 0.2) is 30.5 Å². The quantitative estimate of drug-likeness (QED) is 0.820. The third-order valence-corrected chi connectivity index (χ3v) is 4.69. The number of likely N-dealkylation sites (tertiary alicyclic amines) is 1. The van der Waals surface area contributed by atoms with Crippen LogP contribution in [0.2, 0.25) is 0 Å². The van der Waals surface area contributed by atoms with Crippen molar-refractivity contribution in [2.75, 3.05) is 33.3 Å². The third kappa shape index (κ3) is 5.29. The summed E-state index contributed by atoms with van der Waals surface area (Å²) < 4.78 is 6.82. The molecule has 0 saturated carbocycles. The first-order valence-corrected chi connectivity index (χ1v) is 9.28. The van der Waals surface area contributed by atoms with Gasteiger partial charge in [0.2, 0.25) is 0 Å². The van der Waals surface area contributed by atoms with Crippen molar-refractivity contribution in [2.45, 2.75) is 32.2 Å². The van der Waals surface area contributed by atoms with Crippen molar-refractivity contribution < 1.29 is 9.53 Å². The lowest BCUT2D eigenvalue weighted by Gasteiger charge is -2.19. The Hall–Kier alpha value is -2.41. The predicted molar refractivity (Wildman–Crippen MR) is 99.4 cm³/mol. The van der Waals surface area contributed by atoms with Crippen LogP contribution in [0.3, 0.4) is 0 Å². The molecule has 1 aliphatic rings. The molecule has 140 valence electrons. The normalized spacial score (nSPS) is 15.4. The van der Waals surface area contributed by atoms with Gasteiger partial charge in [0.1, 0.15) is 5.75 Å². The zero-order chi connectivity index (χ0) is 18.2. The van der Waals surface area contributed by atoms with E-state index >= 15 is 0 Å². The van der Waals surface area contributed by atoms with Gasteiger partial charge >= 0.3 is 0 Å². The van der Waals surface area contributed by atoms with Crippen molar-refractivity contribution in [3.63, 3.8) is 0 Å². The summed E-state index contributed by atoms with van der Waals surface area (Å²) in [5, 5.41) is 11.0. The number of carbonyl (C=O) groups is 1. The molecule has 0 bridgehead atoms. The van der Waals surface area contributed by atoms with E-state index < -0.39 is 0 Å². The molecule has 1 saturated heterocycles. The summed E-state index contributed by atoms with van der Waals surface area (Å²) in [4.78, 5) is 14.7. The molecule has 1 N–H and O–H groups in total. The Balaban J connectivity index is 1.46. The molecule has 0 aliphatic carbocycles. The molecule has 1 aromatic heterocycles. The summed E-state index contributed by atoms with van der Waals surface area (Å²) in [6.07, 6.45) is 6.84. The van der Waals surface area contributed by atoms with Gasteiger partial charge in [-0.25, -0.2) is 4.68 Å². The summed E-state index contributed by atoms with van der Waals surface area (Å²) in [7, 11) is 1.64. The minimum Gasteiger partial charge on any atom is -0.497 e. The van der Waals surface area contributed by atoms with Crippen LogP contribution in [-0.2, 0) is 6.54 Å². The molecule has 1 aliphatic heterocycles. The fourth-order valence-electron chi connectivity index (χ4n) is 3.18. The van der Waals surface area contributed by atoms with Crippen LogP contribution in [0, 0.1) is 0 Å². The maximum Gasteiger partial charge on any atom is 0.273 e. The lowest BCUT2D eigenvalue weighted by molar-refractivity contribution is 0.0943. The molecular weight excluding hydrogens is 330 g/mol. The Labute approximate surface area is 154 Å². The van der Waals surface area contributed by atoms with Crippen molar-refractivity contribution in [1.29, 1.82) is 0 Å². The van der Waals surface area contributed by atoms with Gasteiger partial charge in [0.15, 0.2) is 5.69 Å². The van der Waals surface area contributed by atoms with Gasteiger partial charge in [-0.1, -0.05) is 30.2 Å². The second-order valence-corrected chi connectivity index (χ2v) is 6.66. The number of hydrogen-bond acceptors (Lipinski definition) is 5. The molecule has 0 unspecified atom stereocenters. The summed E-state index contributed by atoms with van der Waals surface area (Å²) in [6.45, 7) is 4.37. The van der Waals surface area contributed by atoms with E-state index in [1.54, 1.807) is 18.0 Å². The van der Waals surface area contributed by atoms with Crippen molar-refractivity contribution >= 4 is 5.91 Å².